The lowest BCUT2D eigenvalue weighted by Crippen LogP contribution is -2.01. The lowest BCUT2D eigenvalue weighted by molar-refractivity contribution is 1.41. The molecule has 0 aromatic heterocycles. The fourth-order valence-corrected chi connectivity index (χ4v) is 2.62. The molecule has 0 saturated carbocycles. The van der Waals surface area contributed by atoms with Gasteiger partial charge >= 0.3 is 0 Å². The van der Waals surface area contributed by atoms with Crippen molar-refractivity contribution in [2.24, 2.45) is 0 Å². The van der Waals surface area contributed by atoms with Gasteiger partial charge in [0.15, 0.2) is 0 Å². The van der Waals surface area contributed by atoms with Crippen molar-refractivity contribution in [3.05, 3.63) is 89.0 Å². The van der Waals surface area contributed by atoms with E-state index in [1.165, 1.54) is 0 Å². The lowest BCUT2D eigenvalue weighted by Gasteiger charge is -2.16. The SMILES string of the molecule is CC1=CC(=C(c2ccc(N)cc2)c2ccc(N)cc2)C=CC1=N.Cl.ClCCl. The third kappa shape index (κ3) is 6.17. The van der Waals surface area contributed by atoms with Crippen LogP contribution in [0.4, 0.5) is 11.4 Å². The first-order chi connectivity index (χ1) is 12.5. The molecule has 0 amide bonds. The first-order valence-corrected chi connectivity index (χ1v) is 9.06. The molecule has 0 aliphatic heterocycles. The minimum atomic E-state index is 0. The van der Waals surface area contributed by atoms with E-state index >= 15 is 0 Å². The Kier molecular flexibility index (Phi) is 9.16. The van der Waals surface area contributed by atoms with Gasteiger partial charge in [-0.1, -0.05) is 30.3 Å². The summed E-state index contributed by atoms with van der Waals surface area (Å²) in [7, 11) is 0. The average molecular weight is 423 g/mol. The summed E-state index contributed by atoms with van der Waals surface area (Å²) in [6.45, 7) is 1.95. The van der Waals surface area contributed by atoms with E-state index in [1.807, 2.05) is 73.7 Å². The Balaban J connectivity index is 0.000000855. The number of allylic oxidation sites excluding steroid dienone is 5. The second kappa shape index (κ2) is 10.8. The van der Waals surface area contributed by atoms with Crippen molar-refractivity contribution in [1.82, 2.24) is 0 Å². The van der Waals surface area contributed by atoms with Crippen molar-refractivity contribution in [2.75, 3.05) is 16.8 Å². The minimum Gasteiger partial charge on any atom is -0.399 e. The van der Waals surface area contributed by atoms with Crippen LogP contribution in [0.1, 0.15) is 18.1 Å². The second-order valence-electron chi connectivity index (χ2n) is 5.75. The van der Waals surface area contributed by atoms with Gasteiger partial charge in [0.25, 0.3) is 0 Å². The molecule has 2 aromatic rings. The molecule has 1 aliphatic rings. The molecule has 0 heterocycles. The molecular formula is C21H22Cl3N3. The molecule has 3 rings (SSSR count). The third-order valence-electron chi connectivity index (χ3n) is 3.91. The second-order valence-corrected chi connectivity index (χ2v) is 6.56. The first-order valence-electron chi connectivity index (χ1n) is 7.99. The van der Waals surface area contributed by atoms with Gasteiger partial charge in [0, 0.05) is 11.4 Å². The van der Waals surface area contributed by atoms with E-state index in [4.69, 9.17) is 40.1 Å². The molecule has 2 aromatic carbocycles. The van der Waals surface area contributed by atoms with Crippen LogP contribution in [0.15, 0.2) is 77.9 Å². The Labute approximate surface area is 176 Å². The van der Waals surface area contributed by atoms with Crippen LogP contribution in [0.3, 0.4) is 0 Å². The molecule has 6 heteroatoms. The van der Waals surface area contributed by atoms with Crippen LogP contribution in [0.25, 0.3) is 5.57 Å². The molecule has 1 aliphatic carbocycles. The van der Waals surface area contributed by atoms with Gasteiger partial charge in [0.05, 0.1) is 11.1 Å². The molecule has 0 unspecified atom stereocenters. The number of hydrogen-bond acceptors (Lipinski definition) is 3. The highest BCUT2D eigenvalue weighted by Gasteiger charge is 2.12. The Hall–Kier alpha value is -2.20. The minimum absolute atomic E-state index is 0. The smallest absolute Gasteiger partial charge is 0.0967 e. The molecule has 0 spiro atoms. The fourth-order valence-electron chi connectivity index (χ4n) is 2.62. The molecule has 5 N–H and O–H groups in total. The Bertz CT molecular complexity index is 817. The number of hydrogen-bond donors (Lipinski definition) is 3. The highest BCUT2D eigenvalue weighted by molar-refractivity contribution is 6.40. The average Bonchev–Trinajstić information content (AvgIpc) is 2.62. The van der Waals surface area contributed by atoms with Crippen LogP contribution in [0.5, 0.6) is 0 Å². The van der Waals surface area contributed by atoms with Gasteiger partial charge in [-0.25, -0.2) is 0 Å². The van der Waals surface area contributed by atoms with E-state index < -0.39 is 0 Å². The van der Waals surface area contributed by atoms with Crippen LogP contribution < -0.4 is 11.5 Å². The van der Waals surface area contributed by atoms with E-state index in [2.05, 4.69) is 0 Å². The maximum Gasteiger partial charge on any atom is 0.0967 e. The van der Waals surface area contributed by atoms with Crippen molar-refractivity contribution < 1.29 is 0 Å². The summed E-state index contributed by atoms with van der Waals surface area (Å²) in [4.78, 5) is 0. The summed E-state index contributed by atoms with van der Waals surface area (Å²) in [6.07, 6.45) is 5.86. The normalized spacial score (nSPS) is 12.5. The highest BCUT2D eigenvalue weighted by Crippen LogP contribution is 2.31. The van der Waals surface area contributed by atoms with E-state index in [-0.39, 0.29) is 17.7 Å². The number of nitrogens with two attached hydrogens (primary N) is 2. The molecular weight excluding hydrogens is 401 g/mol. The predicted molar refractivity (Wildman–Crippen MR) is 122 cm³/mol. The standard InChI is InChI=1S/C20H19N3.CH2Cl2.ClH/c1-13-12-16(6-11-19(13)23)20(14-2-7-17(21)8-3-14)15-4-9-18(22)10-5-15;2-1-3;/h2-12,23H,21-22H2,1H3;1H2;1H. The fraction of sp³-hybridized carbons (Fsp3) is 0.0952. The molecule has 0 fully saturated rings. The van der Waals surface area contributed by atoms with Crippen molar-refractivity contribution >= 4 is 58.3 Å². The van der Waals surface area contributed by atoms with Gasteiger partial charge < -0.3 is 16.9 Å². The van der Waals surface area contributed by atoms with Gasteiger partial charge in [-0.2, -0.15) is 0 Å². The summed E-state index contributed by atoms with van der Waals surface area (Å²) in [5.41, 5.74) is 19.0. The van der Waals surface area contributed by atoms with Gasteiger partial charge in [0.1, 0.15) is 0 Å². The predicted octanol–water partition coefficient (Wildman–Crippen LogP) is 6.03. The molecule has 0 bridgehead atoms. The number of anilines is 2. The van der Waals surface area contributed by atoms with Crippen LogP contribution >= 0.6 is 35.6 Å². The van der Waals surface area contributed by atoms with Gasteiger partial charge in [-0.05, 0) is 71.2 Å². The molecule has 0 atom stereocenters. The maximum atomic E-state index is 7.88. The van der Waals surface area contributed by atoms with Crippen molar-refractivity contribution in [3.8, 4) is 0 Å². The van der Waals surface area contributed by atoms with E-state index in [0.717, 1.165) is 39.2 Å². The van der Waals surface area contributed by atoms with Crippen LogP contribution in [-0.4, -0.2) is 11.1 Å². The van der Waals surface area contributed by atoms with Gasteiger partial charge in [-0.15, -0.1) is 35.6 Å². The zero-order valence-corrected chi connectivity index (χ0v) is 17.2. The zero-order chi connectivity index (χ0) is 19.1. The zero-order valence-electron chi connectivity index (χ0n) is 14.9. The van der Waals surface area contributed by atoms with Gasteiger partial charge in [0.2, 0.25) is 0 Å². The summed E-state index contributed by atoms with van der Waals surface area (Å²) in [5.74, 6) is 0. The summed E-state index contributed by atoms with van der Waals surface area (Å²) < 4.78 is 0. The number of halogens is 3. The Morgan fingerprint density at radius 2 is 1.26 bits per heavy atom. The first kappa shape index (κ1) is 22.8. The topological polar surface area (TPSA) is 75.9 Å². The van der Waals surface area contributed by atoms with Crippen molar-refractivity contribution in [1.29, 1.82) is 5.41 Å². The summed E-state index contributed by atoms with van der Waals surface area (Å²) in [5, 5.41) is 8.07. The number of benzene rings is 2. The highest BCUT2D eigenvalue weighted by atomic mass is 35.5. The van der Waals surface area contributed by atoms with Gasteiger partial charge in [-0.3, -0.25) is 0 Å². The van der Waals surface area contributed by atoms with Crippen molar-refractivity contribution in [3.63, 3.8) is 0 Å². The number of alkyl halides is 2. The molecule has 27 heavy (non-hydrogen) atoms. The Morgan fingerprint density at radius 1 is 0.852 bits per heavy atom. The van der Waals surface area contributed by atoms with E-state index in [9.17, 15) is 0 Å². The monoisotopic (exact) mass is 421 g/mol. The third-order valence-corrected chi connectivity index (χ3v) is 3.91. The number of nitrogens with one attached hydrogen (secondary N) is 1. The van der Waals surface area contributed by atoms with Crippen LogP contribution in [-0.2, 0) is 0 Å². The molecule has 3 nitrogen and oxygen atoms in total. The maximum absolute atomic E-state index is 7.88. The van der Waals surface area contributed by atoms with Crippen LogP contribution in [0.2, 0.25) is 0 Å². The molecule has 0 saturated heterocycles. The summed E-state index contributed by atoms with van der Waals surface area (Å²) >= 11 is 9.53. The quantitative estimate of drug-likeness (QED) is 0.408. The molecule has 0 radical (unpaired) electrons. The van der Waals surface area contributed by atoms with Crippen LogP contribution in [0, 0.1) is 5.41 Å². The summed E-state index contributed by atoms with van der Waals surface area (Å²) in [6, 6.07) is 15.7. The van der Waals surface area contributed by atoms with E-state index in [1.54, 1.807) is 0 Å². The van der Waals surface area contributed by atoms with E-state index in [0.29, 0.717) is 5.71 Å². The Morgan fingerprint density at radius 3 is 1.63 bits per heavy atom. The molecule has 142 valence electrons. The lowest BCUT2D eigenvalue weighted by atomic mass is 9.89. The largest absolute Gasteiger partial charge is 0.399 e. The van der Waals surface area contributed by atoms with Crippen molar-refractivity contribution in [2.45, 2.75) is 6.92 Å². The number of nitrogen functional groups attached to an aromatic ring is 2. The number of rotatable bonds is 2.